The molecule has 0 amide bonds. The van der Waals surface area contributed by atoms with Crippen molar-refractivity contribution in [2.45, 2.75) is 25.0 Å². The van der Waals surface area contributed by atoms with E-state index < -0.39 is 9.84 Å². The molecule has 110 valence electrons. The summed E-state index contributed by atoms with van der Waals surface area (Å²) in [7, 11) is -3.37. The Hall–Kier alpha value is -2.15. The fourth-order valence-electron chi connectivity index (χ4n) is 2.39. The lowest BCUT2D eigenvalue weighted by Gasteiger charge is -2.12. The summed E-state index contributed by atoms with van der Waals surface area (Å²) in [4.78, 5) is 8.30. The highest BCUT2D eigenvalue weighted by Gasteiger charge is 2.21. The van der Waals surface area contributed by atoms with Gasteiger partial charge >= 0.3 is 0 Å². The molecule has 0 atom stereocenters. The highest BCUT2D eigenvalue weighted by Crippen LogP contribution is 2.26. The molecule has 0 aliphatic rings. The van der Waals surface area contributed by atoms with Crippen LogP contribution in [0.5, 0.6) is 0 Å². The van der Waals surface area contributed by atoms with Crippen LogP contribution >= 0.6 is 0 Å². The number of sulfone groups is 1. The van der Waals surface area contributed by atoms with Crippen LogP contribution in [0.2, 0.25) is 0 Å². The molecule has 3 rings (SSSR count). The normalized spacial score (nSPS) is 12.4. The maximum atomic E-state index is 11.9. The lowest BCUT2D eigenvalue weighted by Crippen LogP contribution is -2.11. The Labute approximate surface area is 123 Å². The second kappa shape index (κ2) is 4.70. The van der Waals surface area contributed by atoms with Crippen LogP contribution in [0.15, 0.2) is 42.1 Å². The van der Waals surface area contributed by atoms with Crippen molar-refractivity contribution in [2.24, 2.45) is 0 Å². The van der Waals surface area contributed by atoms with Crippen LogP contribution in [0.3, 0.4) is 0 Å². The molecule has 7 heteroatoms. The minimum absolute atomic E-state index is 0.00207. The predicted molar refractivity (Wildman–Crippen MR) is 80.3 cm³/mol. The molecule has 0 unspecified atom stereocenters. The van der Waals surface area contributed by atoms with E-state index in [2.05, 4.69) is 9.97 Å². The van der Waals surface area contributed by atoms with Gasteiger partial charge in [-0.05, 0) is 32.0 Å². The van der Waals surface area contributed by atoms with Gasteiger partial charge in [0.1, 0.15) is 0 Å². The third kappa shape index (κ3) is 2.33. The summed E-state index contributed by atoms with van der Waals surface area (Å²) in [6.07, 6.45) is 6.43. The summed E-state index contributed by atoms with van der Waals surface area (Å²) in [6.45, 7) is 3.89. The average molecular weight is 304 g/mol. The second-order valence-corrected chi connectivity index (χ2v) is 7.18. The fourth-order valence-corrected chi connectivity index (χ4v) is 3.32. The van der Waals surface area contributed by atoms with Crippen LogP contribution in [0.25, 0.3) is 16.7 Å². The van der Waals surface area contributed by atoms with Gasteiger partial charge in [-0.25, -0.2) is 18.4 Å². The molecule has 0 spiro atoms. The van der Waals surface area contributed by atoms with E-state index in [-0.39, 0.29) is 11.2 Å². The average Bonchev–Trinajstić information content (AvgIpc) is 3.04. The molecule has 0 N–H and O–H groups in total. The maximum Gasteiger partial charge on any atom is 0.228 e. The molecular weight excluding hydrogens is 288 g/mol. The van der Waals surface area contributed by atoms with E-state index in [0.717, 1.165) is 11.2 Å². The number of benzene rings is 1. The summed E-state index contributed by atoms with van der Waals surface area (Å²) in [5.74, 6) is 0. The molecule has 0 radical (unpaired) electrons. The third-order valence-electron chi connectivity index (χ3n) is 3.29. The Balaban J connectivity index is 2.32. The van der Waals surface area contributed by atoms with Gasteiger partial charge in [0.05, 0.1) is 17.4 Å². The van der Waals surface area contributed by atoms with Crippen molar-refractivity contribution < 1.29 is 8.42 Å². The van der Waals surface area contributed by atoms with E-state index in [0.29, 0.717) is 5.52 Å². The molecule has 6 nitrogen and oxygen atoms in total. The minimum atomic E-state index is -3.37. The summed E-state index contributed by atoms with van der Waals surface area (Å²) in [5, 5.41) is 0.107. The zero-order valence-electron chi connectivity index (χ0n) is 12.1. The van der Waals surface area contributed by atoms with Crippen molar-refractivity contribution in [1.29, 1.82) is 0 Å². The molecule has 0 aliphatic carbocycles. The lowest BCUT2D eigenvalue weighted by atomic mass is 10.2. The SMILES string of the molecule is CC(C)n1c(S(C)(=O)=O)nc2ccc(-n3ccnc3)cc21. The van der Waals surface area contributed by atoms with Gasteiger partial charge in [-0.3, -0.25) is 0 Å². The molecule has 1 aromatic carbocycles. The van der Waals surface area contributed by atoms with Gasteiger partial charge in [0.25, 0.3) is 0 Å². The standard InChI is InChI=1S/C14H16N4O2S/c1-10(2)18-13-8-11(17-7-6-15-9-17)4-5-12(13)16-14(18)21(3,19)20/h4-10H,1-3H3. The molecule has 0 fully saturated rings. The van der Waals surface area contributed by atoms with E-state index in [9.17, 15) is 8.42 Å². The molecule has 0 bridgehead atoms. The molecule has 2 aromatic heterocycles. The smallest absolute Gasteiger partial charge is 0.228 e. The van der Waals surface area contributed by atoms with Crippen LogP contribution in [-0.4, -0.2) is 33.8 Å². The summed E-state index contributed by atoms with van der Waals surface area (Å²) < 4.78 is 27.5. The maximum absolute atomic E-state index is 11.9. The van der Waals surface area contributed by atoms with Crippen molar-refractivity contribution in [2.75, 3.05) is 6.26 Å². The summed E-state index contributed by atoms with van der Waals surface area (Å²) in [6, 6.07) is 5.66. The van der Waals surface area contributed by atoms with Crippen molar-refractivity contribution >= 4 is 20.9 Å². The minimum Gasteiger partial charge on any atom is -0.312 e. The number of hydrogen-bond donors (Lipinski definition) is 0. The number of hydrogen-bond acceptors (Lipinski definition) is 4. The number of aromatic nitrogens is 4. The van der Waals surface area contributed by atoms with E-state index in [1.54, 1.807) is 17.1 Å². The van der Waals surface area contributed by atoms with Gasteiger partial charge in [-0.1, -0.05) is 0 Å². The Morgan fingerprint density at radius 2 is 2.00 bits per heavy atom. The third-order valence-corrected chi connectivity index (χ3v) is 4.24. The van der Waals surface area contributed by atoms with E-state index in [1.165, 1.54) is 6.26 Å². The van der Waals surface area contributed by atoms with E-state index in [4.69, 9.17) is 0 Å². The molecule has 0 saturated heterocycles. The molecule has 21 heavy (non-hydrogen) atoms. The van der Waals surface area contributed by atoms with Gasteiger partial charge in [-0.15, -0.1) is 0 Å². The topological polar surface area (TPSA) is 69.8 Å². The predicted octanol–water partition coefficient (Wildman–Crippen LogP) is 2.21. The zero-order chi connectivity index (χ0) is 15.2. The second-order valence-electron chi connectivity index (χ2n) is 5.27. The highest BCUT2D eigenvalue weighted by molar-refractivity contribution is 7.90. The van der Waals surface area contributed by atoms with E-state index >= 15 is 0 Å². The largest absolute Gasteiger partial charge is 0.312 e. The fraction of sp³-hybridized carbons (Fsp3) is 0.286. The van der Waals surface area contributed by atoms with Crippen LogP contribution in [0.4, 0.5) is 0 Å². The van der Waals surface area contributed by atoms with Gasteiger partial charge < -0.3 is 9.13 Å². The van der Waals surface area contributed by atoms with Crippen LogP contribution < -0.4 is 0 Å². The molecular formula is C14H16N4O2S. The monoisotopic (exact) mass is 304 g/mol. The number of fused-ring (bicyclic) bond motifs is 1. The van der Waals surface area contributed by atoms with Crippen molar-refractivity contribution in [3.63, 3.8) is 0 Å². The number of rotatable bonds is 3. The van der Waals surface area contributed by atoms with Crippen molar-refractivity contribution in [3.05, 3.63) is 36.9 Å². The first-order valence-corrected chi connectivity index (χ1v) is 8.47. The Bertz CT molecular complexity index is 893. The summed E-state index contributed by atoms with van der Waals surface area (Å²) >= 11 is 0. The van der Waals surface area contributed by atoms with Crippen LogP contribution in [0.1, 0.15) is 19.9 Å². The van der Waals surface area contributed by atoms with Gasteiger partial charge in [-0.2, -0.15) is 0 Å². The first-order chi connectivity index (χ1) is 9.88. The molecule has 0 aliphatic heterocycles. The first kappa shape index (κ1) is 13.8. The Morgan fingerprint density at radius 1 is 1.24 bits per heavy atom. The number of imidazole rings is 2. The Kier molecular flexibility index (Phi) is 3.09. The Morgan fingerprint density at radius 3 is 2.57 bits per heavy atom. The van der Waals surface area contributed by atoms with Crippen molar-refractivity contribution in [1.82, 2.24) is 19.1 Å². The van der Waals surface area contributed by atoms with E-state index in [1.807, 2.05) is 42.8 Å². The molecule has 2 heterocycles. The van der Waals surface area contributed by atoms with Crippen molar-refractivity contribution in [3.8, 4) is 5.69 Å². The first-order valence-electron chi connectivity index (χ1n) is 6.58. The lowest BCUT2D eigenvalue weighted by molar-refractivity contribution is 0.534. The van der Waals surface area contributed by atoms with Gasteiger partial charge in [0, 0.05) is 30.4 Å². The zero-order valence-corrected chi connectivity index (χ0v) is 12.9. The van der Waals surface area contributed by atoms with Gasteiger partial charge in [0.15, 0.2) is 0 Å². The van der Waals surface area contributed by atoms with Crippen LogP contribution in [-0.2, 0) is 9.84 Å². The van der Waals surface area contributed by atoms with Gasteiger partial charge in [0.2, 0.25) is 15.0 Å². The number of nitrogens with zero attached hydrogens (tertiary/aromatic N) is 4. The molecule has 3 aromatic rings. The molecule has 0 saturated carbocycles. The van der Waals surface area contributed by atoms with Crippen LogP contribution in [0, 0.1) is 0 Å². The quantitative estimate of drug-likeness (QED) is 0.744. The highest BCUT2D eigenvalue weighted by atomic mass is 32.2. The summed E-state index contributed by atoms with van der Waals surface area (Å²) in [5.41, 5.74) is 2.39.